The number of hydrogen-bond acceptors (Lipinski definition) is 5. The van der Waals surface area contributed by atoms with Crippen LogP contribution in [0, 0.1) is 0 Å². The van der Waals surface area contributed by atoms with Crippen LogP contribution in [-0.2, 0) is 9.53 Å². The Kier molecular flexibility index (Phi) is 5.76. The molecule has 0 bridgehead atoms. The molecule has 1 aliphatic heterocycles. The molecule has 1 heterocycles. The summed E-state index contributed by atoms with van der Waals surface area (Å²) >= 11 is 1.85. The second kappa shape index (κ2) is 7.56. The molecular formula is C15H21NO4S. The molecule has 1 fully saturated rings. The van der Waals surface area contributed by atoms with Crippen LogP contribution in [0.15, 0.2) is 24.3 Å². The van der Waals surface area contributed by atoms with E-state index in [1.54, 1.807) is 26.4 Å². The summed E-state index contributed by atoms with van der Waals surface area (Å²) in [5.41, 5.74) is -0.226. The van der Waals surface area contributed by atoms with Gasteiger partial charge in [-0.15, -0.1) is 0 Å². The molecule has 1 atom stereocenters. The van der Waals surface area contributed by atoms with E-state index in [0.29, 0.717) is 18.0 Å². The summed E-state index contributed by atoms with van der Waals surface area (Å²) in [7, 11) is 3.29. The molecule has 6 heteroatoms. The molecule has 1 aromatic carbocycles. The molecule has 1 amide bonds. The molecule has 1 aromatic rings. The van der Waals surface area contributed by atoms with E-state index in [0.717, 1.165) is 17.9 Å². The van der Waals surface area contributed by atoms with Gasteiger partial charge in [0.1, 0.15) is 11.5 Å². The van der Waals surface area contributed by atoms with Crippen molar-refractivity contribution in [3.63, 3.8) is 0 Å². The molecule has 0 saturated carbocycles. The van der Waals surface area contributed by atoms with Gasteiger partial charge < -0.3 is 19.5 Å². The fourth-order valence-electron chi connectivity index (χ4n) is 2.11. The maximum absolute atomic E-state index is 11.9. The molecule has 1 saturated heterocycles. The number of carbonyl (C=O) groups is 1. The predicted molar refractivity (Wildman–Crippen MR) is 83.2 cm³/mol. The van der Waals surface area contributed by atoms with Crippen LogP contribution in [0.1, 0.15) is 6.42 Å². The highest BCUT2D eigenvalue weighted by Crippen LogP contribution is 2.30. The summed E-state index contributed by atoms with van der Waals surface area (Å²) < 4.78 is 16.1. The lowest BCUT2D eigenvalue weighted by Crippen LogP contribution is -2.45. The highest BCUT2D eigenvalue weighted by molar-refractivity contribution is 7.99. The zero-order valence-corrected chi connectivity index (χ0v) is 13.2. The van der Waals surface area contributed by atoms with Gasteiger partial charge in [-0.25, -0.2) is 0 Å². The lowest BCUT2D eigenvalue weighted by Gasteiger charge is -2.26. The van der Waals surface area contributed by atoms with Crippen LogP contribution >= 0.6 is 11.8 Å². The molecule has 1 unspecified atom stereocenters. The summed E-state index contributed by atoms with van der Waals surface area (Å²) in [6.07, 6.45) is 0.963. The van der Waals surface area contributed by atoms with Crippen molar-refractivity contribution in [2.24, 2.45) is 0 Å². The van der Waals surface area contributed by atoms with Gasteiger partial charge in [0.2, 0.25) is 0 Å². The number of hydrogen-bond donors (Lipinski definition) is 1. The molecule has 5 nitrogen and oxygen atoms in total. The third-order valence-corrected chi connectivity index (χ3v) is 4.74. The summed E-state index contributed by atoms with van der Waals surface area (Å²) in [6.45, 7) is 0.511. The fourth-order valence-corrected chi connectivity index (χ4v) is 3.51. The average Bonchev–Trinajstić information content (AvgIpc) is 3.00. The van der Waals surface area contributed by atoms with E-state index in [1.807, 2.05) is 23.9 Å². The van der Waals surface area contributed by atoms with Crippen LogP contribution in [-0.4, -0.2) is 50.4 Å². The van der Waals surface area contributed by atoms with Crippen molar-refractivity contribution in [2.75, 3.05) is 38.9 Å². The number of carbonyl (C=O) groups excluding carboxylic acids is 1. The number of rotatable bonds is 7. The van der Waals surface area contributed by atoms with E-state index in [4.69, 9.17) is 14.2 Å². The molecule has 1 N–H and O–H groups in total. The monoisotopic (exact) mass is 311 g/mol. The van der Waals surface area contributed by atoms with Crippen molar-refractivity contribution in [1.82, 2.24) is 5.32 Å². The van der Waals surface area contributed by atoms with Crippen LogP contribution in [0.5, 0.6) is 11.5 Å². The fraction of sp³-hybridized carbons (Fsp3) is 0.533. The molecule has 21 heavy (non-hydrogen) atoms. The first kappa shape index (κ1) is 16.0. The molecule has 116 valence electrons. The standard InChI is InChI=1S/C15H21NO4S/c1-18-12-4-3-5-13(8-12)20-9-14(17)16-10-15(19-2)6-7-21-11-15/h3-5,8H,6-7,9-11H2,1-2H3,(H,16,17). The van der Waals surface area contributed by atoms with Crippen LogP contribution in [0.2, 0.25) is 0 Å². The summed E-state index contributed by atoms with van der Waals surface area (Å²) in [5.74, 6) is 3.16. The SMILES string of the molecule is COc1cccc(OCC(=O)NCC2(OC)CCSC2)c1. The van der Waals surface area contributed by atoms with Crippen molar-refractivity contribution < 1.29 is 19.0 Å². The lowest BCUT2D eigenvalue weighted by molar-refractivity contribution is -0.124. The predicted octanol–water partition coefficient (Wildman–Crippen LogP) is 1.71. The van der Waals surface area contributed by atoms with Crippen molar-refractivity contribution >= 4 is 17.7 Å². The van der Waals surface area contributed by atoms with Gasteiger partial charge in [0, 0.05) is 25.5 Å². The van der Waals surface area contributed by atoms with E-state index < -0.39 is 0 Å². The summed E-state index contributed by atoms with van der Waals surface area (Å²) in [6, 6.07) is 7.19. The van der Waals surface area contributed by atoms with Gasteiger partial charge in [-0.1, -0.05) is 6.07 Å². The van der Waals surface area contributed by atoms with E-state index in [1.165, 1.54) is 0 Å². The molecule has 0 aromatic heterocycles. The normalized spacial score (nSPS) is 21.0. The van der Waals surface area contributed by atoms with Crippen molar-refractivity contribution in [2.45, 2.75) is 12.0 Å². The zero-order valence-electron chi connectivity index (χ0n) is 12.4. The van der Waals surface area contributed by atoms with Gasteiger partial charge in [-0.2, -0.15) is 11.8 Å². The van der Waals surface area contributed by atoms with Crippen LogP contribution in [0.4, 0.5) is 0 Å². The first-order valence-corrected chi connectivity index (χ1v) is 7.99. The minimum Gasteiger partial charge on any atom is -0.497 e. The van der Waals surface area contributed by atoms with Crippen LogP contribution in [0.3, 0.4) is 0 Å². The van der Waals surface area contributed by atoms with Crippen LogP contribution < -0.4 is 14.8 Å². The molecule has 0 radical (unpaired) electrons. The molecule has 1 aliphatic rings. The highest BCUT2D eigenvalue weighted by atomic mass is 32.2. The Balaban J connectivity index is 1.76. The lowest BCUT2D eigenvalue weighted by atomic mass is 10.0. The second-order valence-electron chi connectivity index (χ2n) is 4.93. The van der Waals surface area contributed by atoms with Crippen LogP contribution in [0.25, 0.3) is 0 Å². The quantitative estimate of drug-likeness (QED) is 0.831. The van der Waals surface area contributed by atoms with E-state index in [-0.39, 0.29) is 18.1 Å². The zero-order chi connectivity index (χ0) is 15.1. The topological polar surface area (TPSA) is 56.8 Å². The Morgan fingerprint density at radius 3 is 2.86 bits per heavy atom. The largest absolute Gasteiger partial charge is 0.497 e. The number of methoxy groups -OCH3 is 2. The second-order valence-corrected chi connectivity index (χ2v) is 6.04. The van der Waals surface area contributed by atoms with E-state index in [2.05, 4.69) is 5.32 Å². The maximum atomic E-state index is 11.9. The van der Waals surface area contributed by atoms with Gasteiger partial charge in [0.15, 0.2) is 6.61 Å². The minimum atomic E-state index is -0.226. The van der Waals surface area contributed by atoms with Crippen molar-refractivity contribution in [3.8, 4) is 11.5 Å². The molecule has 0 spiro atoms. The Bertz CT molecular complexity index is 474. The van der Waals surface area contributed by atoms with Crippen molar-refractivity contribution in [1.29, 1.82) is 0 Å². The van der Waals surface area contributed by atoms with E-state index >= 15 is 0 Å². The van der Waals surface area contributed by atoms with Gasteiger partial charge in [0.05, 0.1) is 12.7 Å². The highest BCUT2D eigenvalue weighted by Gasteiger charge is 2.34. The molecule has 0 aliphatic carbocycles. The number of benzene rings is 1. The molecular weight excluding hydrogens is 290 g/mol. The number of nitrogens with one attached hydrogen (secondary N) is 1. The third kappa shape index (κ3) is 4.54. The number of thioether (sulfide) groups is 1. The smallest absolute Gasteiger partial charge is 0.258 e. The van der Waals surface area contributed by atoms with Gasteiger partial charge in [-0.3, -0.25) is 4.79 Å². The van der Waals surface area contributed by atoms with Gasteiger partial charge in [0.25, 0.3) is 5.91 Å². The number of ether oxygens (including phenoxy) is 3. The van der Waals surface area contributed by atoms with E-state index in [9.17, 15) is 4.79 Å². The Hall–Kier alpha value is -1.40. The summed E-state index contributed by atoms with van der Waals surface area (Å²) in [4.78, 5) is 11.9. The van der Waals surface area contributed by atoms with Gasteiger partial charge in [-0.05, 0) is 24.3 Å². The average molecular weight is 311 g/mol. The Labute approximate surface area is 129 Å². The van der Waals surface area contributed by atoms with Gasteiger partial charge >= 0.3 is 0 Å². The van der Waals surface area contributed by atoms with Crippen molar-refractivity contribution in [3.05, 3.63) is 24.3 Å². The summed E-state index contributed by atoms with van der Waals surface area (Å²) in [5, 5.41) is 2.88. The first-order chi connectivity index (χ1) is 10.2. The Morgan fingerprint density at radius 1 is 1.38 bits per heavy atom. The Morgan fingerprint density at radius 2 is 2.19 bits per heavy atom. The molecule has 2 rings (SSSR count). The number of amides is 1. The minimum absolute atomic E-state index is 0.0138. The first-order valence-electron chi connectivity index (χ1n) is 6.84. The third-order valence-electron chi connectivity index (χ3n) is 3.52. The maximum Gasteiger partial charge on any atom is 0.258 e.